The predicted molar refractivity (Wildman–Crippen MR) is 101 cm³/mol. The minimum atomic E-state index is 0.825. The van der Waals surface area contributed by atoms with E-state index in [4.69, 9.17) is 11.6 Å². The van der Waals surface area contributed by atoms with Crippen molar-refractivity contribution in [1.29, 1.82) is 0 Å². The second-order valence-corrected chi connectivity index (χ2v) is 6.55. The van der Waals surface area contributed by atoms with Gasteiger partial charge in [0.15, 0.2) is 0 Å². The summed E-state index contributed by atoms with van der Waals surface area (Å²) in [6, 6.07) is 10.7. The van der Waals surface area contributed by atoms with Gasteiger partial charge in [-0.05, 0) is 74.1 Å². The Bertz CT molecular complexity index is 720. The fourth-order valence-corrected chi connectivity index (χ4v) is 2.59. The molecule has 2 aromatic carbocycles. The standard InChI is InChI=1S/C20H25ClN2/c1-6-23(5)13-22-20-11-14(2)18(10-16(20)4)12-17-7-8-19(21)15(3)9-17/h7-11,13H,6,12H2,1-5H3. The summed E-state index contributed by atoms with van der Waals surface area (Å²) in [5.41, 5.74) is 7.27. The van der Waals surface area contributed by atoms with Gasteiger partial charge in [-0.25, -0.2) is 4.99 Å². The first-order chi connectivity index (χ1) is 10.9. The molecule has 0 amide bonds. The number of aliphatic imine (C=N–C) groups is 1. The van der Waals surface area contributed by atoms with Gasteiger partial charge < -0.3 is 4.90 Å². The van der Waals surface area contributed by atoms with Gasteiger partial charge >= 0.3 is 0 Å². The van der Waals surface area contributed by atoms with E-state index in [2.05, 4.69) is 54.9 Å². The predicted octanol–water partition coefficient (Wildman–Crippen LogP) is 5.47. The molecule has 0 saturated carbocycles. The van der Waals surface area contributed by atoms with Gasteiger partial charge in [0, 0.05) is 18.6 Å². The van der Waals surface area contributed by atoms with Gasteiger partial charge in [-0.1, -0.05) is 29.8 Å². The van der Waals surface area contributed by atoms with Crippen LogP contribution in [0.4, 0.5) is 5.69 Å². The summed E-state index contributed by atoms with van der Waals surface area (Å²) >= 11 is 6.11. The van der Waals surface area contributed by atoms with Crippen LogP contribution in [0.15, 0.2) is 35.3 Å². The normalized spacial score (nSPS) is 11.2. The van der Waals surface area contributed by atoms with Crippen LogP contribution in [0, 0.1) is 20.8 Å². The smallest absolute Gasteiger partial charge is 0.0909 e. The van der Waals surface area contributed by atoms with Crippen LogP contribution in [0.3, 0.4) is 0 Å². The molecular formula is C20H25ClN2. The molecule has 23 heavy (non-hydrogen) atoms. The molecule has 0 atom stereocenters. The fourth-order valence-electron chi connectivity index (χ4n) is 2.47. The number of benzene rings is 2. The van der Waals surface area contributed by atoms with Crippen molar-refractivity contribution in [3.05, 3.63) is 63.2 Å². The molecule has 2 aromatic rings. The van der Waals surface area contributed by atoms with Crippen molar-refractivity contribution < 1.29 is 0 Å². The Balaban J connectivity index is 2.25. The second kappa shape index (κ2) is 7.65. The van der Waals surface area contributed by atoms with E-state index in [1.54, 1.807) is 0 Å². The molecule has 0 aliphatic heterocycles. The van der Waals surface area contributed by atoms with E-state index in [1.165, 1.54) is 22.3 Å². The molecule has 0 fully saturated rings. The molecule has 3 heteroatoms. The Labute approximate surface area is 144 Å². The zero-order valence-electron chi connectivity index (χ0n) is 14.7. The first-order valence-electron chi connectivity index (χ1n) is 8.00. The zero-order chi connectivity index (χ0) is 17.0. The lowest BCUT2D eigenvalue weighted by molar-refractivity contribution is 0.552. The molecule has 0 aliphatic carbocycles. The van der Waals surface area contributed by atoms with Crippen molar-refractivity contribution in [3.63, 3.8) is 0 Å². The van der Waals surface area contributed by atoms with Gasteiger partial charge in [0.2, 0.25) is 0 Å². The maximum atomic E-state index is 6.11. The van der Waals surface area contributed by atoms with Gasteiger partial charge in [-0.3, -0.25) is 0 Å². The molecule has 122 valence electrons. The summed E-state index contributed by atoms with van der Waals surface area (Å²) < 4.78 is 0. The van der Waals surface area contributed by atoms with Crippen LogP contribution in [-0.2, 0) is 6.42 Å². The fraction of sp³-hybridized carbons (Fsp3) is 0.350. The van der Waals surface area contributed by atoms with Gasteiger partial charge in [0.25, 0.3) is 0 Å². The van der Waals surface area contributed by atoms with Crippen LogP contribution in [0.5, 0.6) is 0 Å². The summed E-state index contributed by atoms with van der Waals surface area (Å²) in [6.45, 7) is 9.39. The highest BCUT2D eigenvalue weighted by molar-refractivity contribution is 6.31. The topological polar surface area (TPSA) is 15.6 Å². The van der Waals surface area contributed by atoms with Crippen LogP contribution in [-0.4, -0.2) is 24.8 Å². The molecule has 0 bridgehead atoms. The van der Waals surface area contributed by atoms with Crippen molar-refractivity contribution in [3.8, 4) is 0 Å². The Kier molecular flexibility index (Phi) is 5.84. The summed E-state index contributed by atoms with van der Waals surface area (Å²) in [5.74, 6) is 0. The molecule has 0 aliphatic rings. The Morgan fingerprint density at radius 3 is 2.43 bits per heavy atom. The SMILES string of the molecule is CCN(C)C=Nc1cc(C)c(Cc2ccc(Cl)c(C)c2)cc1C. The third-order valence-corrected chi connectivity index (χ3v) is 4.59. The van der Waals surface area contributed by atoms with Gasteiger partial charge in [-0.2, -0.15) is 0 Å². The maximum absolute atomic E-state index is 6.11. The lowest BCUT2D eigenvalue weighted by atomic mass is 9.97. The van der Waals surface area contributed by atoms with Gasteiger partial charge in [0.05, 0.1) is 12.0 Å². The summed E-state index contributed by atoms with van der Waals surface area (Å²) in [6.07, 6.45) is 2.81. The van der Waals surface area contributed by atoms with Crippen LogP contribution in [0.1, 0.15) is 34.7 Å². The van der Waals surface area contributed by atoms with E-state index in [-0.39, 0.29) is 0 Å². The molecule has 0 N–H and O–H groups in total. The molecule has 0 spiro atoms. The molecule has 0 aromatic heterocycles. The minimum Gasteiger partial charge on any atom is -0.366 e. The average molecular weight is 329 g/mol. The first kappa shape index (κ1) is 17.6. The van der Waals surface area contributed by atoms with Crippen molar-refractivity contribution in [2.75, 3.05) is 13.6 Å². The zero-order valence-corrected chi connectivity index (χ0v) is 15.4. The third-order valence-electron chi connectivity index (χ3n) is 4.16. The molecule has 2 nitrogen and oxygen atoms in total. The van der Waals surface area contributed by atoms with Crippen LogP contribution < -0.4 is 0 Å². The molecular weight excluding hydrogens is 304 g/mol. The van der Waals surface area contributed by atoms with Gasteiger partial charge in [-0.15, -0.1) is 0 Å². The van der Waals surface area contributed by atoms with E-state index < -0.39 is 0 Å². The first-order valence-corrected chi connectivity index (χ1v) is 8.38. The summed E-state index contributed by atoms with van der Waals surface area (Å²) in [5, 5.41) is 0.825. The van der Waals surface area contributed by atoms with Crippen molar-refractivity contribution in [2.45, 2.75) is 34.1 Å². The van der Waals surface area contributed by atoms with Crippen LogP contribution in [0.25, 0.3) is 0 Å². The lowest BCUT2D eigenvalue weighted by Gasteiger charge is -2.12. The van der Waals surface area contributed by atoms with Crippen molar-refractivity contribution in [1.82, 2.24) is 4.90 Å². The maximum Gasteiger partial charge on any atom is 0.0909 e. The summed E-state index contributed by atoms with van der Waals surface area (Å²) in [7, 11) is 2.03. The van der Waals surface area contributed by atoms with Crippen LogP contribution >= 0.6 is 11.6 Å². The third kappa shape index (κ3) is 4.59. The number of hydrogen-bond donors (Lipinski definition) is 0. The van der Waals surface area contributed by atoms with E-state index in [0.717, 1.165) is 29.2 Å². The molecule has 2 rings (SSSR count). The number of rotatable bonds is 5. The highest BCUT2D eigenvalue weighted by Gasteiger charge is 2.06. The average Bonchev–Trinajstić information content (AvgIpc) is 2.52. The number of hydrogen-bond acceptors (Lipinski definition) is 1. The Morgan fingerprint density at radius 1 is 1.04 bits per heavy atom. The van der Waals surface area contributed by atoms with Crippen molar-refractivity contribution in [2.24, 2.45) is 4.99 Å². The number of halogens is 1. The van der Waals surface area contributed by atoms with E-state index in [9.17, 15) is 0 Å². The van der Waals surface area contributed by atoms with Crippen molar-refractivity contribution >= 4 is 23.6 Å². The quantitative estimate of drug-likeness (QED) is 0.525. The molecule has 0 unspecified atom stereocenters. The van der Waals surface area contributed by atoms with E-state index in [1.807, 2.05) is 26.4 Å². The number of aryl methyl sites for hydroxylation is 3. The largest absolute Gasteiger partial charge is 0.366 e. The van der Waals surface area contributed by atoms with E-state index in [0.29, 0.717) is 0 Å². The highest BCUT2D eigenvalue weighted by atomic mass is 35.5. The monoisotopic (exact) mass is 328 g/mol. The second-order valence-electron chi connectivity index (χ2n) is 6.14. The minimum absolute atomic E-state index is 0.825. The molecule has 0 saturated heterocycles. The highest BCUT2D eigenvalue weighted by Crippen LogP contribution is 2.26. The summed E-state index contributed by atoms with van der Waals surface area (Å²) in [4.78, 5) is 6.66. The van der Waals surface area contributed by atoms with Gasteiger partial charge in [0.1, 0.15) is 0 Å². The number of nitrogens with zero attached hydrogens (tertiary/aromatic N) is 2. The van der Waals surface area contributed by atoms with E-state index >= 15 is 0 Å². The van der Waals surface area contributed by atoms with Crippen LogP contribution in [0.2, 0.25) is 5.02 Å². The molecule has 0 heterocycles. The Morgan fingerprint density at radius 2 is 1.78 bits per heavy atom. The lowest BCUT2D eigenvalue weighted by Crippen LogP contribution is -2.14. The Hall–Kier alpha value is -1.80. The molecule has 0 radical (unpaired) electrons.